The number of hydrogen-bond donors (Lipinski definition) is 1. The van der Waals surface area contributed by atoms with Crippen LogP contribution in [0.4, 0.5) is 11.5 Å². The number of anilines is 2. The lowest BCUT2D eigenvalue weighted by molar-refractivity contribution is -0.138. The third kappa shape index (κ3) is 5.36. The van der Waals surface area contributed by atoms with E-state index in [9.17, 15) is 9.59 Å². The number of nitrogens with one attached hydrogen (secondary N) is 1. The van der Waals surface area contributed by atoms with Gasteiger partial charge in [-0.2, -0.15) is 0 Å². The van der Waals surface area contributed by atoms with Gasteiger partial charge in [-0.25, -0.2) is 4.98 Å². The van der Waals surface area contributed by atoms with Crippen molar-refractivity contribution in [3.05, 3.63) is 46.8 Å². The maximum absolute atomic E-state index is 13.1. The lowest BCUT2D eigenvalue weighted by atomic mass is 9.96. The molecule has 154 valence electrons. The Hall–Kier alpha value is -2.38. The Labute approximate surface area is 180 Å². The third-order valence-electron chi connectivity index (χ3n) is 4.90. The first-order valence-corrected chi connectivity index (χ1v) is 10.3. The second-order valence-electron chi connectivity index (χ2n) is 6.85. The summed E-state index contributed by atoms with van der Waals surface area (Å²) >= 11 is 12.2. The van der Waals surface area contributed by atoms with Crippen LogP contribution in [0.2, 0.25) is 10.0 Å². The summed E-state index contributed by atoms with van der Waals surface area (Å²) in [6.07, 6.45) is 6.63. The molecule has 1 atom stereocenters. The quantitative estimate of drug-likeness (QED) is 0.750. The zero-order valence-corrected chi connectivity index (χ0v) is 17.7. The molecule has 1 N–H and O–H groups in total. The number of amides is 2. The molecule has 1 saturated heterocycles. The maximum atomic E-state index is 13.1. The lowest BCUT2D eigenvalue weighted by Gasteiger charge is -2.35. The van der Waals surface area contributed by atoms with Gasteiger partial charge in [-0.05, 0) is 31.9 Å². The molecular formula is C20H23Cl2N5O2. The van der Waals surface area contributed by atoms with E-state index in [1.54, 1.807) is 41.7 Å². The van der Waals surface area contributed by atoms with Crippen LogP contribution in [0, 0.1) is 5.92 Å². The summed E-state index contributed by atoms with van der Waals surface area (Å²) in [7, 11) is 0. The number of nitrogens with zero attached hydrogens (tertiary/aromatic N) is 4. The highest BCUT2D eigenvalue weighted by Crippen LogP contribution is 2.29. The van der Waals surface area contributed by atoms with Crippen LogP contribution in [0.15, 0.2) is 36.8 Å². The second-order valence-corrected chi connectivity index (χ2v) is 7.66. The third-order valence-corrected chi connectivity index (χ3v) is 5.53. The predicted molar refractivity (Wildman–Crippen MR) is 114 cm³/mol. The molecule has 0 spiro atoms. The Bertz CT molecular complexity index is 845. The fourth-order valence-electron chi connectivity index (χ4n) is 3.41. The Morgan fingerprint density at radius 1 is 1.28 bits per heavy atom. The number of rotatable bonds is 6. The normalized spacial score (nSPS) is 16.4. The molecule has 2 heterocycles. The van der Waals surface area contributed by atoms with Crippen LogP contribution in [0.3, 0.4) is 0 Å². The van der Waals surface area contributed by atoms with Crippen molar-refractivity contribution in [2.24, 2.45) is 5.92 Å². The summed E-state index contributed by atoms with van der Waals surface area (Å²) in [6, 6.07) is 5.00. The van der Waals surface area contributed by atoms with Crippen molar-refractivity contribution in [3.8, 4) is 0 Å². The summed E-state index contributed by atoms with van der Waals surface area (Å²) in [5.74, 6) is 0.194. The first-order chi connectivity index (χ1) is 14.0. The zero-order chi connectivity index (χ0) is 20.8. The molecular weight excluding hydrogens is 413 g/mol. The van der Waals surface area contributed by atoms with E-state index in [0.29, 0.717) is 28.8 Å². The highest BCUT2D eigenvalue weighted by atomic mass is 35.5. The molecule has 7 nitrogen and oxygen atoms in total. The van der Waals surface area contributed by atoms with Crippen LogP contribution < -0.4 is 10.2 Å². The summed E-state index contributed by atoms with van der Waals surface area (Å²) in [4.78, 5) is 37.6. The summed E-state index contributed by atoms with van der Waals surface area (Å²) in [5, 5.41) is 3.42. The Morgan fingerprint density at radius 3 is 2.69 bits per heavy atom. The number of likely N-dealkylation sites (N-methyl/N-ethyl adjacent to an activating group) is 1. The molecule has 2 amide bonds. The first-order valence-electron chi connectivity index (χ1n) is 9.53. The van der Waals surface area contributed by atoms with Crippen LogP contribution in [-0.2, 0) is 9.59 Å². The smallest absolute Gasteiger partial charge is 0.244 e. The summed E-state index contributed by atoms with van der Waals surface area (Å²) in [5.41, 5.74) is 0.357. The van der Waals surface area contributed by atoms with Gasteiger partial charge in [0.2, 0.25) is 11.8 Å². The van der Waals surface area contributed by atoms with E-state index in [1.165, 1.54) is 0 Å². The molecule has 1 fully saturated rings. The van der Waals surface area contributed by atoms with Crippen LogP contribution in [-0.4, -0.2) is 52.9 Å². The van der Waals surface area contributed by atoms with Crippen LogP contribution >= 0.6 is 23.2 Å². The predicted octanol–water partition coefficient (Wildman–Crippen LogP) is 3.49. The van der Waals surface area contributed by atoms with Crippen molar-refractivity contribution in [1.29, 1.82) is 0 Å². The minimum Gasteiger partial charge on any atom is -0.355 e. The second kappa shape index (κ2) is 9.89. The van der Waals surface area contributed by atoms with Crippen molar-refractivity contribution in [1.82, 2.24) is 14.9 Å². The molecule has 29 heavy (non-hydrogen) atoms. The zero-order valence-electron chi connectivity index (χ0n) is 16.1. The van der Waals surface area contributed by atoms with E-state index in [-0.39, 0.29) is 24.3 Å². The fourth-order valence-corrected chi connectivity index (χ4v) is 3.91. The molecule has 1 aromatic heterocycles. The average molecular weight is 436 g/mol. The topological polar surface area (TPSA) is 78.4 Å². The number of halogens is 2. The Kier molecular flexibility index (Phi) is 7.28. The van der Waals surface area contributed by atoms with E-state index in [2.05, 4.69) is 20.2 Å². The maximum Gasteiger partial charge on any atom is 0.244 e. The van der Waals surface area contributed by atoms with Crippen molar-refractivity contribution < 1.29 is 9.59 Å². The minimum absolute atomic E-state index is 0.0403. The van der Waals surface area contributed by atoms with Crippen molar-refractivity contribution in [2.75, 3.05) is 36.4 Å². The molecule has 1 aliphatic heterocycles. The van der Waals surface area contributed by atoms with E-state index in [4.69, 9.17) is 23.2 Å². The molecule has 1 unspecified atom stereocenters. The van der Waals surface area contributed by atoms with Gasteiger partial charge in [-0.1, -0.05) is 29.3 Å². The average Bonchev–Trinajstić information content (AvgIpc) is 2.75. The molecule has 0 saturated carbocycles. The van der Waals surface area contributed by atoms with Gasteiger partial charge in [0.05, 0.1) is 34.4 Å². The van der Waals surface area contributed by atoms with Gasteiger partial charge < -0.3 is 15.1 Å². The SMILES string of the molecule is CCN(CC(=O)Nc1c(Cl)cccc1Cl)C(=O)C1CCCN(c2cnccn2)C1. The number of hydrogen-bond acceptors (Lipinski definition) is 5. The standard InChI is InChI=1S/C20H23Cl2N5O2/c1-2-26(13-18(28)25-19-15(21)6-3-7-16(19)22)20(29)14-5-4-10-27(12-14)17-11-23-8-9-24-17/h3,6-9,11,14H,2,4-5,10,12-13H2,1H3,(H,25,28). The van der Waals surface area contributed by atoms with E-state index >= 15 is 0 Å². The van der Waals surface area contributed by atoms with Crippen LogP contribution in [0.25, 0.3) is 0 Å². The number of aromatic nitrogens is 2. The fraction of sp³-hybridized carbons (Fsp3) is 0.400. The molecule has 2 aromatic rings. The molecule has 3 rings (SSSR count). The molecule has 1 aromatic carbocycles. The highest BCUT2D eigenvalue weighted by Gasteiger charge is 2.30. The largest absolute Gasteiger partial charge is 0.355 e. The number of carbonyl (C=O) groups excluding carboxylic acids is 2. The van der Waals surface area contributed by atoms with Crippen molar-refractivity contribution >= 4 is 46.5 Å². The Morgan fingerprint density at radius 2 is 2.03 bits per heavy atom. The van der Waals surface area contributed by atoms with Gasteiger partial charge >= 0.3 is 0 Å². The van der Waals surface area contributed by atoms with E-state index in [0.717, 1.165) is 25.2 Å². The number of benzene rings is 1. The van der Waals surface area contributed by atoms with E-state index in [1.807, 2.05) is 6.92 Å². The molecule has 0 bridgehead atoms. The van der Waals surface area contributed by atoms with Gasteiger partial charge in [-0.3, -0.25) is 14.6 Å². The van der Waals surface area contributed by atoms with Gasteiger partial charge in [0.1, 0.15) is 5.82 Å². The lowest BCUT2D eigenvalue weighted by Crippen LogP contribution is -2.47. The van der Waals surface area contributed by atoms with E-state index < -0.39 is 0 Å². The van der Waals surface area contributed by atoms with Gasteiger partial charge in [0.25, 0.3) is 0 Å². The number of piperidine rings is 1. The molecule has 1 aliphatic rings. The monoisotopic (exact) mass is 435 g/mol. The molecule has 0 radical (unpaired) electrons. The first kappa shape index (κ1) is 21.3. The van der Waals surface area contributed by atoms with Crippen molar-refractivity contribution in [2.45, 2.75) is 19.8 Å². The van der Waals surface area contributed by atoms with Crippen LogP contribution in [0.1, 0.15) is 19.8 Å². The van der Waals surface area contributed by atoms with Crippen molar-refractivity contribution in [3.63, 3.8) is 0 Å². The minimum atomic E-state index is -0.336. The number of carbonyl (C=O) groups is 2. The van der Waals surface area contributed by atoms with Gasteiger partial charge in [-0.15, -0.1) is 0 Å². The van der Waals surface area contributed by atoms with Crippen LogP contribution in [0.5, 0.6) is 0 Å². The molecule has 0 aliphatic carbocycles. The summed E-state index contributed by atoms with van der Waals surface area (Å²) in [6.45, 7) is 3.63. The Balaban J connectivity index is 1.63. The van der Waals surface area contributed by atoms with Gasteiger partial charge in [0.15, 0.2) is 0 Å². The summed E-state index contributed by atoms with van der Waals surface area (Å²) < 4.78 is 0. The highest BCUT2D eigenvalue weighted by molar-refractivity contribution is 6.39. The number of para-hydroxylation sites is 1. The molecule has 9 heteroatoms. The van der Waals surface area contributed by atoms with Gasteiger partial charge in [0, 0.05) is 32.0 Å².